The summed E-state index contributed by atoms with van der Waals surface area (Å²) in [6.45, 7) is 1.97. The van der Waals surface area contributed by atoms with Crippen molar-refractivity contribution in [2.45, 2.75) is 63.8 Å². The maximum absolute atomic E-state index is 12.6. The van der Waals surface area contributed by atoms with Crippen LogP contribution in [0.5, 0.6) is 0 Å². The predicted molar refractivity (Wildman–Crippen MR) is 85.9 cm³/mol. The van der Waals surface area contributed by atoms with E-state index in [2.05, 4.69) is 5.32 Å². The summed E-state index contributed by atoms with van der Waals surface area (Å²) in [7, 11) is 1.53. The van der Waals surface area contributed by atoms with Gasteiger partial charge in [0.05, 0.1) is 18.6 Å². The zero-order valence-electron chi connectivity index (χ0n) is 14.3. The molecule has 2 N–H and O–H groups in total. The maximum Gasteiger partial charge on any atom is 0.305 e. The third-order valence-corrected chi connectivity index (χ3v) is 6.15. The summed E-state index contributed by atoms with van der Waals surface area (Å²) in [5.41, 5.74) is -0.657. The van der Waals surface area contributed by atoms with Gasteiger partial charge in [0.15, 0.2) is 0 Å². The SMILES string of the molecule is COCC(C)(CC(=O)O)NC(=O)CC12CC3CC(CC(C3)C1)C2. The molecule has 4 aliphatic carbocycles. The number of carbonyl (C=O) groups is 2. The van der Waals surface area contributed by atoms with Crippen LogP contribution in [0.2, 0.25) is 0 Å². The Bertz CT molecular complexity index is 454. The number of carbonyl (C=O) groups excluding carboxylic acids is 1. The molecule has 0 heterocycles. The van der Waals surface area contributed by atoms with Gasteiger partial charge < -0.3 is 15.2 Å². The van der Waals surface area contributed by atoms with Gasteiger partial charge >= 0.3 is 5.97 Å². The molecule has 0 aromatic carbocycles. The molecular weight excluding hydrogens is 294 g/mol. The largest absolute Gasteiger partial charge is 0.481 e. The zero-order valence-corrected chi connectivity index (χ0v) is 14.3. The topological polar surface area (TPSA) is 75.6 Å². The van der Waals surface area contributed by atoms with E-state index in [9.17, 15) is 9.59 Å². The lowest BCUT2D eigenvalue weighted by molar-refractivity contribution is -0.140. The summed E-state index contributed by atoms with van der Waals surface area (Å²) >= 11 is 0. The lowest BCUT2D eigenvalue weighted by Gasteiger charge is -2.56. The van der Waals surface area contributed by atoms with Crippen molar-refractivity contribution >= 4 is 11.9 Å². The van der Waals surface area contributed by atoms with E-state index in [1.165, 1.54) is 45.6 Å². The van der Waals surface area contributed by atoms with Crippen LogP contribution in [0, 0.1) is 23.2 Å². The Kier molecular flexibility index (Phi) is 4.43. The van der Waals surface area contributed by atoms with Gasteiger partial charge in [-0.25, -0.2) is 0 Å². The highest BCUT2D eigenvalue weighted by molar-refractivity contribution is 5.79. The van der Waals surface area contributed by atoms with Crippen LogP contribution in [0.4, 0.5) is 0 Å². The molecule has 130 valence electrons. The maximum atomic E-state index is 12.6. The van der Waals surface area contributed by atoms with Crippen LogP contribution < -0.4 is 5.32 Å². The van der Waals surface area contributed by atoms with E-state index >= 15 is 0 Å². The quantitative estimate of drug-likeness (QED) is 0.755. The van der Waals surface area contributed by atoms with Gasteiger partial charge in [-0.3, -0.25) is 9.59 Å². The summed E-state index contributed by atoms with van der Waals surface area (Å²) in [5.74, 6) is 1.53. The van der Waals surface area contributed by atoms with Gasteiger partial charge in [0, 0.05) is 13.5 Å². The Balaban J connectivity index is 1.63. The molecule has 4 bridgehead atoms. The van der Waals surface area contributed by atoms with Crippen molar-refractivity contribution in [1.29, 1.82) is 0 Å². The van der Waals surface area contributed by atoms with E-state index in [-0.39, 0.29) is 24.3 Å². The summed E-state index contributed by atoms with van der Waals surface area (Å²) in [6, 6.07) is 0. The number of amides is 1. The number of carboxylic acids is 1. The molecule has 4 saturated carbocycles. The van der Waals surface area contributed by atoms with Crippen LogP contribution in [-0.4, -0.2) is 36.2 Å². The number of carboxylic acid groups (broad SMARTS) is 1. The highest BCUT2D eigenvalue weighted by Gasteiger charge is 2.51. The molecular formula is C18H29NO4. The van der Waals surface area contributed by atoms with Crippen LogP contribution in [0.1, 0.15) is 58.3 Å². The van der Waals surface area contributed by atoms with Gasteiger partial charge in [-0.1, -0.05) is 0 Å². The minimum absolute atomic E-state index is 0.00671. The summed E-state index contributed by atoms with van der Waals surface area (Å²) in [6.07, 6.45) is 8.08. The summed E-state index contributed by atoms with van der Waals surface area (Å²) < 4.78 is 5.12. The van der Waals surface area contributed by atoms with E-state index in [1.807, 2.05) is 0 Å². The van der Waals surface area contributed by atoms with Gasteiger partial charge in [-0.2, -0.15) is 0 Å². The van der Waals surface area contributed by atoms with Crippen molar-refractivity contribution in [1.82, 2.24) is 5.32 Å². The number of methoxy groups -OCH3 is 1. The van der Waals surface area contributed by atoms with Crippen molar-refractivity contribution in [2.24, 2.45) is 23.2 Å². The minimum Gasteiger partial charge on any atom is -0.481 e. The second-order valence-electron chi connectivity index (χ2n) is 8.71. The molecule has 0 saturated heterocycles. The first kappa shape index (κ1) is 16.7. The number of rotatable bonds is 7. The van der Waals surface area contributed by atoms with Gasteiger partial charge in [-0.05, 0) is 68.6 Å². The monoisotopic (exact) mass is 323 g/mol. The van der Waals surface area contributed by atoms with Crippen LogP contribution >= 0.6 is 0 Å². The molecule has 1 atom stereocenters. The second kappa shape index (κ2) is 6.08. The molecule has 5 heteroatoms. The van der Waals surface area contributed by atoms with Gasteiger partial charge in [0.2, 0.25) is 5.91 Å². The summed E-state index contributed by atoms with van der Waals surface area (Å²) in [5, 5.41) is 12.0. The smallest absolute Gasteiger partial charge is 0.305 e. The van der Waals surface area contributed by atoms with E-state index in [4.69, 9.17) is 9.84 Å². The molecule has 5 nitrogen and oxygen atoms in total. The lowest BCUT2D eigenvalue weighted by atomic mass is 9.49. The normalized spacial score (nSPS) is 37.4. The Labute approximate surface area is 138 Å². The van der Waals surface area contributed by atoms with E-state index < -0.39 is 11.5 Å². The standard InChI is InChI=1S/C18H29NO4/c1-17(11-23-2,10-16(21)22)19-15(20)9-18-6-12-3-13(7-18)5-14(4-12)8-18/h12-14H,3-11H2,1-2H3,(H,19,20)(H,21,22). The molecule has 23 heavy (non-hydrogen) atoms. The van der Waals surface area contributed by atoms with Crippen molar-refractivity contribution in [3.05, 3.63) is 0 Å². The average molecular weight is 323 g/mol. The molecule has 1 unspecified atom stereocenters. The van der Waals surface area contributed by atoms with Crippen molar-refractivity contribution < 1.29 is 19.4 Å². The van der Waals surface area contributed by atoms with Crippen LogP contribution in [0.15, 0.2) is 0 Å². The first-order valence-electron chi connectivity index (χ1n) is 8.83. The number of nitrogens with one attached hydrogen (secondary N) is 1. The van der Waals surface area contributed by atoms with Crippen molar-refractivity contribution in [3.8, 4) is 0 Å². The highest BCUT2D eigenvalue weighted by atomic mass is 16.5. The van der Waals surface area contributed by atoms with Crippen LogP contribution in [-0.2, 0) is 14.3 Å². The number of ether oxygens (including phenoxy) is 1. The van der Waals surface area contributed by atoms with Crippen molar-refractivity contribution in [2.75, 3.05) is 13.7 Å². The van der Waals surface area contributed by atoms with E-state index in [0.29, 0.717) is 6.42 Å². The first-order valence-corrected chi connectivity index (χ1v) is 8.83. The van der Waals surface area contributed by atoms with E-state index in [0.717, 1.165) is 17.8 Å². The van der Waals surface area contributed by atoms with Crippen molar-refractivity contribution in [3.63, 3.8) is 0 Å². The fourth-order valence-corrected chi connectivity index (χ4v) is 6.01. The third kappa shape index (κ3) is 3.70. The molecule has 0 aromatic rings. The Morgan fingerprint density at radius 3 is 2.13 bits per heavy atom. The lowest BCUT2D eigenvalue weighted by Crippen LogP contribution is -2.53. The Hall–Kier alpha value is -1.10. The second-order valence-corrected chi connectivity index (χ2v) is 8.71. The Morgan fingerprint density at radius 1 is 1.17 bits per heavy atom. The molecule has 4 rings (SSSR count). The molecule has 0 aromatic heterocycles. The fraction of sp³-hybridized carbons (Fsp3) is 0.889. The zero-order chi connectivity index (χ0) is 16.7. The summed E-state index contributed by atoms with van der Waals surface area (Å²) in [4.78, 5) is 23.7. The molecule has 0 aliphatic heterocycles. The number of hydrogen-bond donors (Lipinski definition) is 2. The van der Waals surface area contributed by atoms with Gasteiger partial charge in [-0.15, -0.1) is 0 Å². The molecule has 0 spiro atoms. The predicted octanol–water partition coefficient (Wildman–Crippen LogP) is 2.59. The average Bonchev–Trinajstić information content (AvgIpc) is 2.33. The van der Waals surface area contributed by atoms with Gasteiger partial charge in [0.1, 0.15) is 0 Å². The van der Waals surface area contributed by atoms with E-state index in [1.54, 1.807) is 6.92 Å². The molecule has 4 aliphatic rings. The van der Waals surface area contributed by atoms with Crippen LogP contribution in [0.25, 0.3) is 0 Å². The molecule has 4 fully saturated rings. The number of aliphatic carboxylic acids is 1. The van der Waals surface area contributed by atoms with Crippen LogP contribution in [0.3, 0.4) is 0 Å². The third-order valence-electron chi connectivity index (χ3n) is 6.15. The minimum atomic E-state index is -0.917. The molecule has 1 amide bonds. The molecule has 0 radical (unpaired) electrons. The first-order chi connectivity index (χ1) is 10.8. The number of hydrogen-bond acceptors (Lipinski definition) is 3. The Morgan fingerprint density at radius 2 is 1.70 bits per heavy atom. The van der Waals surface area contributed by atoms with Gasteiger partial charge in [0.25, 0.3) is 0 Å². The fourth-order valence-electron chi connectivity index (χ4n) is 6.01. The highest BCUT2D eigenvalue weighted by Crippen LogP contribution is 2.61.